The Kier molecular flexibility index (Phi) is 3.14. The van der Waals surface area contributed by atoms with E-state index in [9.17, 15) is 24.6 Å². The van der Waals surface area contributed by atoms with Gasteiger partial charge in [0.05, 0.1) is 22.3 Å². The van der Waals surface area contributed by atoms with Gasteiger partial charge in [-0.1, -0.05) is 12.7 Å². The maximum absolute atomic E-state index is 13.0. The van der Waals surface area contributed by atoms with E-state index in [1.807, 2.05) is 0 Å². The van der Waals surface area contributed by atoms with Crippen LogP contribution in [-0.4, -0.2) is 33.9 Å². The Morgan fingerprint density at radius 2 is 1.96 bits per heavy atom. The van der Waals surface area contributed by atoms with E-state index in [1.165, 1.54) is 0 Å². The number of Topliss-reactive ketones (excluding diaryl/α,β-unsaturated/α-hetero) is 2. The number of ketones is 2. The number of fused-ring (bicyclic) bond motifs is 3. The van der Waals surface area contributed by atoms with E-state index < -0.39 is 28.3 Å². The van der Waals surface area contributed by atoms with Gasteiger partial charge in [0.2, 0.25) is 0 Å². The first-order valence-electron chi connectivity index (χ1n) is 9.00. The lowest BCUT2D eigenvalue weighted by atomic mass is 9.43. The Balaban J connectivity index is 1.93. The highest BCUT2D eigenvalue weighted by molar-refractivity contribution is 6.07. The molecule has 4 rings (SSSR count). The van der Waals surface area contributed by atoms with Gasteiger partial charge in [-0.05, 0) is 56.6 Å². The molecule has 4 aliphatic rings. The molecule has 3 saturated carbocycles. The van der Waals surface area contributed by atoms with Gasteiger partial charge < -0.3 is 10.2 Å². The summed E-state index contributed by atoms with van der Waals surface area (Å²) in [6.45, 7) is 7.42. The van der Waals surface area contributed by atoms with Gasteiger partial charge in [-0.3, -0.25) is 14.4 Å². The van der Waals surface area contributed by atoms with Crippen LogP contribution in [0.25, 0.3) is 0 Å². The van der Waals surface area contributed by atoms with Crippen molar-refractivity contribution < 1.29 is 24.6 Å². The molecule has 0 aromatic heterocycles. The van der Waals surface area contributed by atoms with Gasteiger partial charge in [0.25, 0.3) is 0 Å². The molecule has 2 N–H and O–H groups in total. The van der Waals surface area contributed by atoms with Gasteiger partial charge in [-0.15, -0.1) is 0 Å². The van der Waals surface area contributed by atoms with Crippen LogP contribution in [-0.2, 0) is 14.4 Å². The van der Waals surface area contributed by atoms with Crippen molar-refractivity contribution in [3.05, 3.63) is 23.8 Å². The molecule has 0 aromatic rings. The summed E-state index contributed by atoms with van der Waals surface area (Å²) in [6, 6.07) is 0. The van der Waals surface area contributed by atoms with Crippen molar-refractivity contribution in [3.63, 3.8) is 0 Å². The molecule has 0 amide bonds. The molecule has 0 unspecified atom stereocenters. The average molecular weight is 344 g/mol. The van der Waals surface area contributed by atoms with E-state index >= 15 is 0 Å². The fourth-order valence-electron chi connectivity index (χ4n) is 6.32. The average Bonchev–Trinajstić information content (AvgIpc) is 2.77. The summed E-state index contributed by atoms with van der Waals surface area (Å²) in [7, 11) is 0. The summed E-state index contributed by atoms with van der Waals surface area (Å²) in [4.78, 5) is 38.1. The van der Waals surface area contributed by atoms with Crippen LogP contribution < -0.4 is 0 Å². The van der Waals surface area contributed by atoms with Crippen molar-refractivity contribution >= 4 is 17.5 Å². The molecule has 2 bridgehead atoms. The number of carboxylic acid groups (broad SMARTS) is 1. The minimum absolute atomic E-state index is 0.00230. The second-order valence-corrected chi connectivity index (χ2v) is 8.76. The zero-order valence-electron chi connectivity index (χ0n) is 14.7. The second-order valence-electron chi connectivity index (χ2n) is 8.76. The van der Waals surface area contributed by atoms with Crippen molar-refractivity contribution in [1.82, 2.24) is 0 Å². The van der Waals surface area contributed by atoms with Crippen molar-refractivity contribution in [2.45, 2.75) is 52.1 Å². The number of aliphatic hydroxyl groups excluding tert-OH is 1. The summed E-state index contributed by atoms with van der Waals surface area (Å²) in [5.74, 6) is -1.58. The zero-order valence-corrected chi connectivity index (χ0v) is 14.7. The Labute approximate surface area is 146 Å². The second kappa shape index (κ2) is 4.70. The standard InChI is InChI=1S/C20H24O5/c1-10-11-9-20(16(10)23)7-4-13-18(2,17(24)25)6-5-15(22)19(13,3)14(20)8-12(11)21/h8,11-13,21H,1,4-7,9H2,2-3H3,(H,24,25)/t11-,12-,13-,18-,19-,20-/m1/s1. The van der Waals surface area contributed by atoms with Crippen LogP contribution in [0.4, 0.5) is 0 Å². The molecular formula is C20H24O5. The molecule has 0 saturated heterocycles. The van der Waals surface area contributed by atoms with Crippen molar-refractivity contribution in [3.8, 4) is 0 Å². The maximum Gasteiger partial charge on any atom is 0.309 e. The number of aliphatic hydroxyl groups is 1. The van der Waals surface area contributed by atoms with Crippen molar-refractivity contribution in [2.24, 2.45) is 28.1 Å². The van der Waals surface area contributed by atoms with E-state index in [1.54, 1.807) is 19.9 Å². The highest BCUT2D eigenvalue weighted by Gasteiger charge is 2.68. The summed E-state index contributed by atoms with van der Waals surface area (Å²) in [6.07, 6.45) is 2.94. The number of aliphatic carboxylic acids is 1. The largest absolute Gasteiger partial charge is 0.481 e. The third-order valence-corrected chi connectivity index (χ3v) is 7.83. The molecule has 4 aliphatic carbocycles. The van der Waals surface area contributed by atoms with E-state index in [2.05, 4.69) is 6.58 Å². The number of carbonyl (C=O) groups excluding carboxylic acids is 2. The van der Waals surface area contributed by atoms with E-state index in [-0.39, 0.29) is 29.8 Å². The first kappa shape index (κ1) is 16.7. The molecule has 25 heavy (non-hydrogen) atoms. The maximum atomic E-state index is 13.0. The zero-order chi connectivity index (χ0) is 18.4. The molecule has 6 atom stereocenters. The molecule has 134 valence electrons. The van der Waals surface area contributed by atoms with Crippen LogP contribution >= 0.6 is 0 Å². The number of hydrogen-bond acceptors (Lipinski definition) is 4. The van der Waals surface area contributed by atoms with Crippen LogP contribution in [0.5, 0.6) is 0 Å². The number of allylic oxidation sites excluding steroid dienone is 1. The molecule has 0 heterocycles. The third kappa shape index (κ3) is 1.70. The summed E-state index contributed by atoms with van der Waals surface area (Å²) in [5.41, 5.74) is -1.65. The number of carboxylic acids is 1. The van der Waals surface area contributed by atoms with Crippen molar-refractivity contribution in [1.29, 1.82) is 0 Å². The quantitative estimate of drug-likeness (QED) is 0.562. The number of carbonyl (C=O) groups is 3. The fraction of sp³-hybridized carbons (Fsp3) is 0.650. The van der Waals surface area contributed by atoms with Crippen LogP contribution in [0, 0.1) is 28.1 Å². The van der Waals surface area contributed by atoms with Gasteiger partial charge in [0.1, 0.15) is 5.78 Å². The number of rotatable bonds is 1. The monoisotopic (exact) mass is 344 g/mol. The SMILES string of the molecule is C=C1C(=O)[C@@]23CC[C@H]4[C@@](C)(C(=O)CC[C@@]4(C)C(=O)O)C2=C[C@@H](O)[C@@H]1C3. The van der Waals surface area contributed by atoms with Gasteiger partial charge >= 0.3 is 5.97 Å². The highest BCUT2D eigenvalue weighted by Crippen LogP contribution is 2.68. The van der Waals surface area contributed by atoms with Gasteiger partial charge in [-0.25, -0.2) is 0 Å². The fourth-order valence-corrected chi connectivity index (χ4v) is 6.32. The van der Waals surface area contributed by atoms with Crippen LogP contribution in [0.1, 0.15) is 46.0 Å². The van der Waals surface area contributed by atoms with Gasteiger partial charge in [0, 0.05) is 12.3 Å². The minimum atomic E-state index is -1.00. The van der Waals surface area contributed by atoms with Crippen LogP contribution in [0.3, 0.4) is 0 Å². The van der Waals surface area contributed by atoms with E-state index in [0.717, 1.165) is 0 Å². The predicted molar refractivity (Wildman–Crippen MR) is 89.6 cm³/mol. The smallest absolute Gasteiger partial charge is 0.309 e. The Morgan fingerprint density at radius 1 is 1.28 bits per heavy atom. The number of hydrogen-bond donors (Lipinski definition) is 2. The lowest BCUT2D eigenvalue weighted by Gasteiger charge is -2.58. The highest BCUT2D eigenvalue weighted by atomic mass is 16.4. The first-order chi connectivity index (χ1) is 11.6. The normalized spacial score (nSPS) is 48.7. The third-order valence-electron chi connectivity index (χ3n) is 7.83. The molecule has 5 heteroatoms. The molecule has 5 nitrogen and oxygen atoms in total. The van der Waals surface area contributed by atoms with Crippen LogP contribution in [0.15, 0.2) is 23.8 Å². The van der Waals surface area contributed by atoms with Crippen molar-refractivity contribution in [2.75, 3.05) is 0 Å². The summed E-state index contributed by atoms with van der Waals surface area (Å²) < 4.78 is 0. The van der Waals surface area contributed by atoms with E-state index in [4.69, 9.17) is 0 Å². The molecule has 0 radical (unpaired) electrons. The minimum Gasteiger partial charge on any atom is -0.481 e. The van der Waals surface area contributed by atoms with E-state index in [0.29, 0.717) is 36.8 Å². The first-order valence-corrected chi connectivity index (χ1v) is 9.00. The van der Waals surface area contributed by atoms with Crippen LogP contribution in [0.2, 0.25) is 0 Å². The lowest BCUT2D eigenvalue weighted by Crippen LogP contribution is -2.59. The van der Waals surface area contributed by atoms with Gasteiger partial charge in [-0.2, -0.15) is 0 Å². The molecule has 0 aromatic carbocycles. The molecule has 1 spiro atoms. The molecule has 3 fully saturated rings. The Hall–Kier alpha value is -1.75. The Bertz CT molecular complexity index is 764. The Morgan fingerprint density at radius 3 is 2.60 bits per heavy atom. The lowest BCUT2D eigenvalue weighted by molar-refractivity contribution is -0.166. The molecular weight excluding hydrogens is 320 g/mol. The summed E-state index contributed by atoms with van der Waals surface area (Å²) in [5, 5.41) is 20.4. The van der Waals surface area contributed by atoms with Gasteiger partial charge in [0.15, 0.2) is 5.78 Å². The summed E-state index contributed by atoms with van der Waals surface area (Å²) >= 11 is 0. The molecule has 0 aliphatic heterocycles. The topological polar surface area (TPSA) is 91.7 Å². The predicted octanol–water partition coefficient (Wildman–Crippen LogP) is 2.29.